The van der Waals surface area contributed by atoms with Gasteiger partial charge in [0.2, 0.25) is 0 Å². The van der Waals surface area contributed by atoms with Crippen LogP contribution in [0.3, 0.4) is 0 Å². The van der Waals surface area contributed by atoms with E-state index in [1.165, 1.54) is 12.0 Å². The van der Waals surface area contributed by atoms with Gasteiger partial charge in [-0.2, -0.15) is 0 Å². The third kappa shape index (κ3) is 2.23. The Morgan fingerprint density at radius 2 is 2.25 bits per heavy atom. The number of hydrogen-bond acceptors (Lipinski definition) is 4. The van der Waals surface area contributed by atoms with E-state index in [1.807, 2.05) is 20.2 Å². The maximum atomic E-state index is 5.30. The smallest absolute Gasteiger partial charge is 0.181 e. The van der Waals surface area contributed by atoms with Crippen molar-refractivity contribution in [1.82, 2.24) is 15.6 Å². The molecule has 2 N–H and O–H groups in total. The molecule has 0 aliphatic heterocycles. The number of nitrogens with zero attached hydrogens (tertiary/aromatic N) is 1. The summed E-state index contributed by atoms with van der Waals surface area (Å²) in [5.41, 5.74) is 3.00. The highest BCUT2D eigenvalue weighted by Gasteiger charge is 2.10. The van der Waals surface area contributed by atoms with Crippen molar-refractivity contribution in [3.63, 3.8) is 0 Å². The van der Waals surface area contributed by atoms with E-state index in [9.17, 15) is 0 Å². The fraction of sp³-hybridized carbons (Fsp3) is 0.417. The molecule has 0 aliphatic carbocycles. The van der Waals surface area contributed by atoms with Crippen LogP contribution < -0.4 is 10.6 Å². The average Bonchev–Trinajstić information content (AvgIpc) is 2.77. The van der Waals surface area contributed by atoms with Crippen molar-refractivity contribution in [2.75, 3.05) is 20.6 Å². The number of fused-ring (bicyclic) bond motifs is 1. The highest BCUT2D eigenvalue weighted by molar-refractivity contribution is 5.72. The summed E-state index contributed by atoms with van der Waals surface area (Å²) in [5, 5.41) is 6.47. The Hall–Kier alpha value is -1.39. The lowest BCUT2D eigenvalue weighted by Gasteiger charge is -2.16. The van der Waals surface area contributed by atoms with Crippen LogP contribution in [0.25, 0.3) is 11.1 Å². The van der Waals surface area contributed by atoms with Gasteiger partial charge in [-0.05, 0) is 44.8 Å². The normalized spacial score (nSPS) is 13.1. The summed E-state index contributed by atoms with van der Waals surface area (Å²) in [6, 6.07) is 6.50. The predicted octanol–water partition coefficient (Wildman–Crippen LogP) is 1.70. The summed E-state index contributed by atoms with van der Waals surface area (Å²) >= 11 is 0. The van der Waals surface area contributed by atoms with Crippen molar-refractivity contribution >= 4 is 11.1 Å². The molecule has 0 bridgehead atoms. The van der Waals surface area contributed by atoms with Crippen LogP contribution in [-0.2, 0) is 0 Å². The van der Waals surface area contributed by atoms with Crippen LogP contribution >= 0.6 is 0 Å². The van der Waals surface area contributed by atoms with E-state index in [1.54, 1.807) is 0 Å². The Kier molecular flexibility index (Phi) is 3.54. The van der Waals surface area contributed by atoms with Gasteiger partial charge in [0.25, 0.3) is 0 Å². The van der Waals surface area contributed by atoms with E-state index in [2.05, 4.69) is 27.8 Å². The van der Waals surface area contributed by atoms with Gasteiger partial charge in [0.15, 0.2) is 12.0 Å². The number of aromatic nitrogens is 1. The summed E-state index contributed by atoms with van der Waals surface area (Å²) in [5.74, 6) is 0. The topological polar surface area (TPSA) is 50.1 Å². The third-order valence-electron chi connectivity index (χ3n) is 2.79. The van der Waals surface area contributed by atoms with Crippen molar-refractivity contribution in [3.8, 4) is 0 Å². The summed E-state index contributed by atoms with van der Waals surface area (Å²) in [6.07, 6.45) is 2.53. The Morgan fingerprint density at radius 1 is 1.38 bits per heavy atom. The van der Waals surface area contributed by atoms with Crippen molar-refractivity contribution in [1.29, 1.82) is 0 Å². The first-order valence-electron chi connectivity index (χ1n) is 5.50. The molecule has 1 heterocycles. The SMILES string of the molecule is CNCCC(NC)c1ccc2ncoc2c1. The van der Waals surface area contributed by atoms with Gasteiger partial charge in [0, 0.05) is 6.04 Å². The number of hydrogen-bond donors (Lipinski definition) is 2. The van der Waals surface area contributed by atoms with E-state index in [0.717, 1.165) is 24.1 Å². The lowest BCUT2D eigenvalue weighted by Crippen LogP contribution is -2.21. The fourth-order valence-electron chi connectivity index (χ4n) is 1.85. The van der Waals surface area contributed by atoms with Crippen molar-refractivity contribution in [2.24, 2.45) is 0 Å². The Balaban J connectivity index is 2.22. The molecular weight excluding hydrogens is 202 g/mol. The molecule has 1 aromatic carbocycles. The molecular formula is C12H17N3O. The molecule has 0 saturated heterocycles. The second-order valence-electron chi connectivity index (χ2n) is 3.81. The summed E-state index contributed by atoms with van der Waals surface area (Å²) < 4.78 is 5.30. The minimum absolute atomic E-state index is 0.349. The largest absolute Gasteiger partial charge is 0.443 e. The van der Waals surface area contributed by atoms with Crippen LogP contribution in [0, 0.1) is 0 Å². The first-order valence-corrected chi connectivity index (χ1v) is 5.50. The molecule has 2 rings (SSSR count). The van der Waals surface area contributed by atoms with Crippen LogP contribution in [0.15, 0.2) is 29.0 Å². The van der Waals surface area contributed by atoms with Crippen LogP contribution in [-0.4, -0.2) is 25.6 Å². The first-order chi connectivity index (χ1) is 7.85. The minimum atomic E-state index is 0.349. The van der Waals surface area contributed by atoms with Gasteiger partial charge in [0.1, 0.15) is 5.52 Å². The third-order valence-corrected chi connectivity index (χ3v) is 2.79. The van der Waals surface area contributed by atoms with Crippen LogP contribution in [0.2, 0.25) is 0 Å². The molecule has 4 heteroatoms. The standard InChI is InChI=1S/C12H17N3O/c1-13-6-5-10(14-2)9-3-4-11-12(7-9)16-8-15-11/h3-4,7-8,10,13-14H,5-6H2,1-2H3. The van der Waals surface area contributed by atoms with Crippen molar-refractivity contribution in [3.05, 3.63) is 30.2 Å². The fourth-order valence-corrected chi connectivity index (χ4v) is 1.85. The van der Waals surface area contributed by atoms with Gasteiger partial charge in [-0.15, -0.1) is 0 Å². The number of nitrogens with one attached hydrogen (secondary N) is 2. The van der Waals surface area contributed by atoms with Crippen LogP contribution in [0.5, 0.6) is 0 Å². The number of benzene rings is 1. The Morgan fingerprint density at radius 3 is 3.00 bits per heavy atom. The minimum Gasteiger partial charge on any atom is -0.443 e. The van der Waals surface area contributed by atoms with Gasteiger partial charge < -0.3 is 15.1 Å². The second kappa shape index (κ2) is 5.09. The molecule has 16 heavy (non-hydrogen) atoms. The van der Waals surface area contributed by atoms with Gasteiger partial charge in [-0.25, -0.2) is 4.98 Å². The van der Waals surface area contributed by atoms with Crippen LogP contribution in [0.4, 0.5) is 0 Å². The lowest BCUT2D eigenvalue weighted by molar-refractivity contribution is 0.532. The Bertz CT molecular complexity index is 452. The van der Waals surface area contributed by atoms with Crippen LogP contribution in [0.1, 0.15) is 18.0 Å². The van der Waals surface area contributed by atoms with Crippen molar-refractivity contribution in [2.45, 2.75) is 12.5 Å². The maximum Gasteiger partial charge on any atom is 0.181 e. The lowest BCUT2D eigenvalue weighted by atomic mass is 10.0. The highest BCUT2D eigenvalue weighted by atomic mass is 16.3. The zero-order valence-corrected chi connectivity index (χ0v) is 9.66. The Labute approximate surface area is 95.1 Å². The molecule has 0 amide bonds. The van der Waals surface area contributed by atoms with Gasteiger partial charge in [0.05, 0.1) is 0 Å². The molecule has 0 radical (unpaired) electrons. The molecule has 4 nitrogen and oxygen atoms in total. The molecule has 0 spiro atoms. The number of oxazole rings is 1. The molecule has 86 valence electrons. The van der Waals surface area contributed by atoms with E-state index >= 15 is 0 Å². The second-order valence-corrected chi connectivity index (χ2v) is 3.81. The van der Waals surface area contributed by atoms with E-state index < -0.39 is 0 Å². The van der Waals surface area contributed by atoms with Crippen molar-refractivity contribution < 1.29 is 4.42 Å². The zero-order chi connectivity index (χ0) is 11.4. The molecule has 1 atom stereocenters. The summed E-state index contributed by atoms with van der Waals surface area (Å²) in [4.78, 5) is 4.11. The van der Waals surface area contributed by atoms with E-state index in [0.29, 0.717) is 6.04 Å². The zero-order valence-electron chi connectivity index (χ0n) is 9.66. The predicted molar refractivity (Wildman–Crippen MR) is 64.4 cm³/mol. The highest BCUT2D eigenvalue weighted by Crippen LogP contribution is 2.21. The number of rotatable bonds is 5. The molecule has 0 saturated carbocycles. The van der Waals surface area contributed by atoms with E-state index in [4.69, 9.17) is 4.42 Å². The van der Waals surface area contributed by atoms with Gasteiger partial charge in [-0.3, -0.25) is 0 Å². The molecule has 2 aromatic rings. The monoisotopic (exact) mass is 219 g/mol. The summed E-state index contributed by atoms with van der Waals surface area (Å²) in [7, 11) is 3.94. The molecule has 1 unspecified atom stereocenters. The quantitative estimate of drug-likeness (QED) is 0.803. The molecule has 0 fully saturated rings. The van der Waals surface area contributed by atoms with Gasteiger partial charge >= 0.3 is 0 Å². The summed E-state index contributed by atoms with van der Waals surface area (Å²) in [6.45, 7) is 0.986. The molecule has 1 aromatic heterocycles. The van der Waals surface area contributed by atoms with E-state index in [-0.39, 0.29) is 0 Å². The first kappa shape index (κ1) is 11.1. The maximum absolute atomic E-state index is 5.30. The molecule has 0 aliphatic rings. The van der Waals surface area contributed by atoms with Gasteiger partial charge in [-0.1, -0.05) is 6.07 Å². The average molecular weight is 219 g/mol.